The summed E-state index contributed by atoms with van der Waals surface area (Å²) in [6.07, 6.45) is 7.52. The molecule has 0 aliphatic heterocycles. The maximum absolute atomic E-state index is 7.16. The minimum absolute atomic E-state index is 0.800. The van der Waals surface area contributed by atoms with Gasteiger partial charge in [-0.2, -0.15) is 0 Å². The highest BCUT2D eigenvalue weighted by atomic mass is 127. The lowest BCUT2D eigenvalue weighted by molar-refractivity contribution is 0.644. The van der Waals surface area contributed by atoms with Crippen LogP contribution in [-0.2, 0) is 0 Å². The smallest absolute Gasteiger partial charge is 0.0694 e. The van der Waals surface area contributed by atoms with Gasteiger partial charge in [0.2, 0.25) is 0 Å². The quantitative estimate of drug-likeness (QED) is 0.423. The maximum atomic E-state index is 7.16. The Hall–Kier alpha value is 0.400. The molecule has 0 bridgehead atoms. The van der Waals surface area contributed by atoms with Gasteiger partial charge in [-0.25, -0.2) is 0 Å². The molecule has 60 valence electrons. The van der Waals surface area contributed by atoms with E-state index in [1.165, 1.54) is 32.1 Å². The summed E-state index contributed by atoms with van der Waals surface area (Å²) >= 11 is 2.09. The zero-order valence-corrected chi connectivity index (χ0v) is 8.78. The van der Waals surface area contributed by atoms with Gasteiger partial charge in [0.1, 0.15) is 0 Å². The van der Waals surface area contributed by atoms with Crippen LogP contribution in [0.15, 0.2) is 0 Å². The van der Waals surface area contributed by atoms with Crippen molar-refractivity contribution in [1.82, 2.24) is 0 Å². The van der Waals surface area contributed by atoms with E-state index in [-0.39, 0.29) is 0 Å². The first kappa shape index (κ1) is 10.4. The predicted molar refractivity (Wildman–Crippen MR) is 55.1 cm³/mol. The highest BCUT2D eigenvalue weighted by Gasteiger charge is 1.90. The van der Waals surface area contributed by atoms with Crippen molar-refractivity contribution < 1.29 is 0 Å². The lowest BCUT2D eigenvalue weighted by Gasteiger charge is -1.96. The summed E-state index contributed by atoms with van der Waals surface area (Å²) in [5.74, 6) is 0. The molecule has 0 aromatic rings. The van der Waals surface area contributed by atoms with Crippen LogP contribution >= 0.6 is 22.6 Å². The van der Waals surface area contributed by atoms with Gasteiger partial charge in [0, 0.05) is 0 Å². The van der Waals surface area contributed by atoms with Gasteiger partial charge in [-0.3, -0.25) is 5.41 Å². The topological polar surface area (TPSA) is 23.9 Å². The summed E-state index contributed by atoms with van der Waals surface area (Å²) in [5.41, 5.74) is 0. The number of nitrogens with one attached hydrogen (secondary N) is 1. The second kappa shape index (κ2) is 7.51. The van der Waals surface area contributed by atoms with Crippen molar-refractivity contribution in [1.29, 1.82) is 5.41 Å². The SMILES string of the molecule is CCCCCCCC(=N)I. The number of rotatable bonds is 6. The summed E-state index contributed by atoms with van der Waals surface area (Å²) in [6.45, 7) is 2.22. The molecule has 2 heteroatoms. The van der Waals surface area contributed by atoms with Gasteiger partial charge < -0.3 is 0 Å². The minimum Gasteiger partial charge on any atom is -0.299 e. The zero-order valence-electron chi connectivity index (χ0n) is 6.62. The molecule has 0 unspecified atom stereocenters. The van der Waals surface area contributed by atoms with E-state index in [4.69, 9.17) is 5.41 Å². The molecule has 0 heterocycles. The Labute approximate surface area is 77.2 Å². The van der Waals surface area contributed by atoms with Crippen LogP contribution in [0.3, 0.4) is 0 Å². The van der Waals surface area contributed by atoms with Crippen molar-refractivity contribution in [3.63, 3.8) is 0 Å². The molecular weight excluding hydrogens is 237 g/mol. The van der Waals surface area contributed by atoms with Crippen molar-refractivity contribution in [2.75, 3.05) is 0 Å². The van der Waals surface area contributed by atoms with Crippen molar-refractivity contribution in [2.24, 2.45) is 0 Å². The van der Waals surface area contributed by atoms with Crippen LogP contribution in [-0.4, -0.2) is 3.72 Å². The molecule has 0 radical (unpaired) electrons. The molecular formula is C8H16IN. The first-order valence-electron chi connectivity index (χ1n) is 4.00. The fraction of sp³-hybridized carbons (Fsp3) is 0.875. The summed E-state index contributed by atoms with van der Waals surface area (Å²) < 4.78 is 0.800. The molecule has 0 amide bonds. The van der Waals surface area contributed by atoms with Crippen LogP contribution in [0.5, 0.6) is 0 Å². The Kier molecular flexibility index (Phi) is 7.81. The monoisotopic (exact) mass is 253 g/mol. The predicted octanol–water partition coefficient (Wildman–Crippen LogP) is 3.76. The van der Waals surface area contributed by atoms with E-state index in [9.17, 15) is 0 Å². The fourth-order valence-electron chi connectivity index (χ4n) is 0.884. The van der Waals surface area contributed by atoms with E-state index in [0.29, 0.717) is 0 Å². The minimum atomic E-state index is 0.800. The molecule has 0 aliphatic rings. The first-order valence-corrected chi connectivity index (χ1v) is 5.08. The molecule has 1 nitrogen and oxygen atoms in total. The molecule has 10 heavy (non-hydrogen) atoms. The average molecular weight is 253 g/mol. The molecule has 1 N–H and O–H groups in total. The highest BCUT2D eigenvalue weighted by molar-refractivity contribution is 14.1. The second-order valence-corrected chi connectivity index (χ2v) is 3.87. The summed E-state index contributed by atoms with van der Waals surface area (Å²) in [7, 11) is 0. The molecule has 0 saturated heterocycles. The Morgan fingerprint density at radius 2 is 1.80 bits per heavy atom. The largest absolute Gasteiger partial charge is 0.299 e. The summed E-state index contributed by atoms with van der Waals surface area (Å²) in [6, 6.07) is 0. The third-order valence-corrected chi connectivity index (χ3v) is 2.04. The number of hydrogen-bond donors (Lipinski definition) is 1. The van der Waals surface area contributed by atoms with E-state index in [0.717, 1.165) is 10.1 Å². The van der Waals surface area contributed by atoms with Crippen LogP contribution in [0.1, 0.15) is 45.4 Å². The zero-order chi connectivity index (χ0) is 7.82. The Balaban J connectivity index is 2.84. The van der Waals surface area contributed by atoms with E-state index in [2.05, 4.69) is 29.5 Å². The van der Waals surface area contributed by atoms with E-state index < -0.39 is 0 Å². The van der Waals surface area contributed by atoms with Gasteiger partial charge in [-0.05, 0) is 35.4 Å². The molecule has 0 fully saturated rings. The number of unbranched alkanes of at least 4 members (excludes halogenated alkanes) is 4. The molecule has 0 spiro atoms. The summed E-state index contributed by atoms with van der Waals surface area (Å²) in [4.78, 5) is 0. The highest BCUT2D eigenvalue weighted by Crippen LogP contribution is 2.07. The number of halogens is 1. The van der Waals surface area contributed by atoms with Crippen LogP contribution < -0.4 is 0 Å². The molecule has 0 saturated carbocycles. The van der Waals surface area contributed by atoms with Crippen molar-refractivity contribution in [3.8, 4) is 0 Å². The number of hydrogen-bond acceptors (Lipinski definition) is 1. The third-order valence-electron chi connectivity index (χ3n) is 1.50. The average Bonchev–Trinajstić information content (AvgIpc) is 1.87. The van der Waals surface area contributed by atoms with Gasteiger partial charge in [-0.15, -0.1) is 0 Å². The lowest BCUT2D eigenvalue weighted by atomic mass is 10.1. The normalized spacial score (nSPS) is 9.80. The van der Waals surface area contributed by atoms with Gasteiger partial charge >= 0.3 is 0 Å². The van der Waals surface area contributed by atoms with Crippen molar-refractivity contribution >= 4 is 26.3 Å². The summed E-state index contributed by atoms with van der Waals surface area (Å²) in [5, 5.41) is 7.16. The van der Waals surface area contributed by atoms with Crippen LogP contribution in [0.4, 0.5) is 0 Å². The third kappa shape index (κ3) is 8.40. The van der Waals surface area contributed by atoms with E-state index >= 15 is 0 Å². The van der Waals surface area contributed by atoms with Gasteiger partial charge in [-0.1, -0.05) is 32.6 Å². The Morgan fingerprint density at radius 1 is 1.20 bits per heavy atom. The standard InChI is InChI=1S/C8H16IN/c1-2-3-4-5-6-7-8(9)10/h10H,2-7H2,1H3. The van der Waals surface area contributed by atoms with Crippen molar-refractivity contribution in [2.45, 2.75) is 45.4 Å². The van der Waals surface area contributed by atoms with Crippen LogP contribution in [0.2, 0.25) is 0 Å². The van der Waals surface area contributed by atoms with Crippen LogP contribution in [0, 0.1) is 5.41 Å². The molecule has 0 aromatic heterocycles. The first-order chi connectivity index (χ1) is 4.77. The Morgan fingerprint density at radius 3 is 2.30 bits per heavy atom. The van der Waals surface area contributed by atoms with E-state index in [1.807, 2.05) is 0 Å². The van der Waals surface area contributed by atoms with Gasteiger partial charge in [0.15, 0.2) is 0 Å². The molecule has 0 aromatic carbocycles. The Bertz CT molecular complexity index is 91.3. The van der Waals surface area contributed by atoms with Gasteiger partial charge in [0.05, 0.1) is 3.72 Å². The fourth-order valence-corrected chi connectivity index (χ4v) is 1.27. The maximum Gasteiger partial charge on any atom is 0.0694 e. The molecule has 0 rings (SSSR count). The lowest BCUT2D eigenvalue weighted by Crippen LogP contribution is -1.83. The van der Waals surface area contributed by atoms with Crippen LogP contribution in [0.25, 0.3) is 0 Å². The van der Waals surface area contributed by atoms with E-state index in [1.54, 1.807) is 0 Å². The second-order valence-electron chi connectivity index (χ2n) is 2.57. The molecule has 0 atom stereocenters. The molecule has 0 aliphatic carbocycles. The van der Waals surface area contributed by atoms with Crippen molar-refractivity contribution in [3.05, 3.63) is 0 Å². The van der Waals surface area contributed by atoms with Gasteiger partial charge in [0.25, 0.3) is 0 Å².